The highest BCUT2D eigenvalue weighted by Crippen LogP contribution is 2.21. The van der Waals surface area contributed by atoms with Gasteiger partial charge in [-0.1, -0.05) is 27.7 Å². The lowest BCUT2D eigenvalue weighted by Gasteiger charge is -2.25. The second-order valence-corrected chi connectivity index (χ2v) is 4.96. The number of aromatic nitrogens is 2. The van der Waals surface area contributed by atoms with Crippen LogP contribution >= 0.6 is 0 Å². The van der Waals surface area contributed by atoms with E-state index in [-0.39, 0.29) is 11.8 Å². The highest BCUT2D eigenvalue weighted by Gasteiger charge is 2.18. The zero-order valence-corrected chi connectivity index (χ0v) is 10.9. The van der Waals surface area contributed by atoms with Crippen molar-refractivity contribution in [1.82, 2.24) is 9.97 Å². The molecular formula is C12H21FN4. The molecule has 0 aliphatic heterocycles. The fourth-order valence-corrected chi connectivity index (χ4v) is 1.96. The fraction of sp³-hybridized carbons (Fsp3) is 0.667. The zero-order chi connectivity index (χ0) is 13.0. The average molecular weight is 240 g/mol. The first kappa shape index (κ1) is 13.7. The third-order valence-electron chi connectivity index (χ3n) is 2.98. The number of hydrogen-bond acceptors (Lipinski definition) is 4. The van der Waals surface area contributed by atoms with Gasteiger partial charge < -0.3 is 11.1 Å². The Morgan fingerprint density at radius 1 is 1.29 bits per heavy atom. The second kappa shape index (κ2) is 5.80. The number of halogens is 1. The summed E-state index contributed by atoms with van der Waals surface area (Å²) < 4.78 is 13.4. The number of anilines is 2. The molecule has 0 saturated heterocycles. The number of nitrogens with zero attached hydrogens (tertiary/aromatic N) is 2. The van der Waals surface area contributed by atoms with Crippen LogP contribution in [0.3, 0.4) is 0 Å². The molecule has 0 fully saturated rings. The van der Waals surface area contributed by atoms with E-state index in [9.17, 15) is 4.39 Å². The van der Waals surface area contributed by atoms with E-state index >= 15 is 0 Å². The molecular weight excluding hydrogens is 219 g/mol. The Kier molecular flexibility index (Phi) is 4.66. The van der Waals surface area contributed by atoms with Crippen molar-refractivity contribution in [2.24, 2.45) is 17.8 Å². The van der Waals surface area contributed by atoms with Gasteiger partial charge in [0.15, 0.2) is 11.6 Å². The van der Waals surface area contributed by atoms with E-state index in [1.807, 2.05) is 0 Å². The predicted molar refractivity (Wildman–Crippen MR) is 68.1 cm³/mol. The van der Waals surface area contributed by atoms with Crippen LogP contribution in [-0.2, 0) is 0 Å². The van der Waals surface area contributed by atoms with Crippen molar-refractivity contribution in [2.45, 2.75) is 27.7 Å². The molecule has 5 heteroatoms. The maximum absolute atomic E-state index is 13.4. The van der Waals surface area contributed by atoms with E-state index in [2.05, 4.69) is 43.0 Å². The van der Waals surface area contributed by atoms with Crippen LogP contribution in [-0.4, -0.2) is 16.5 Å². The molecule has 4 nitrogen and oxygen atoms in total. The monoisotopic (exact) mass is 240 g/mol. The van der Waals surface area contributed by atoms with Crippen molar-refractivity contribution in [1.29, 1.82) is 0 Å². The van der Waals surface area contributed by atoms with Crippen LogP contribution in [0.15, 0.2) is 6.20 Å². The van der Waals surface area contributed by atoms with Crippen LogP contribution in [0.2, 0.25) is 0 Å². The van der Waals surface area contributed by atoms with Crippen LogP contribution in [0.1, 0.15) is 27.7 Å². The summed E-state index contributed by atoms with van der Waals surface area (Å²) in [6, 6.07) is 0. The molecule has 0 amide bonds. The molecule has 1 rings (SSSR count). The molecule has 1 heterocycles. The normalized spacial score (nSPS) is 11.5. The first-order valence-electron chi connectivity index (χ1n) is 5.93. The Labute approximate surface area is 102 Å². The smallest absolute Gasteiger partial charge is 0.222 e. The van der Waals surface area contributed by atoms with Gasteiger partial charge in [0.05, 0.1) is 6.20 Å². The van der Waals surface area contributed by atoms with Crippen LogP contribution < -0.4 is 11.1 Å². The Bertz CT molecular complexity index is 358. The second-order valence-electron chi connectivity index (χ2n) is 4.96. The van der Waals surface area contributed by atoms with Crippen molar-refractivity contribution in [3.8, 4) is 0 Å². The first-order chi connectivity index (χ1) is 7.91. The molecule has 0 saturated carbocycles. The van der Waals surface area contributed by atoms with Crippen LogP contribution in [0.25, 0.3) is 0 Å². The summed E-state index contributed by atoms with van der Waals surface area (Å²) >= 11 is 0. The van der Waals surface area contributed by atoms with E-state index in [1.165, 1.54) is 0 Å². The number of nitrogens with two attached hydrogens (primary N) is 1. The summed E-state index contributed by atoms with van der Waals surface area (Å²) in [5, 5.41) is 3.01. The molecule has 0 unspecified atom stereocenters. The number of hydrogen-bond donors (Lipinski definition) is 2. The highest BCUT2D eigenvalue weighted by molar-refractivity contribution is 5.39. The minimum atomic E-state index is -0.467. The molecule has 3 N–H and O–H groups in total. The van der Waals surface area contributed by atoms with E-state index in [4.69, 9.17) is 5.73 Å². The van der Waals surface area contributed by atoms with Crippen molar-refractivity contribution in [3.05, 3.63) is 12.0 Å². The third kappa shape index (κ3) is 3.84. The van der Waals surface area contributed by atoms with E-state index < -0.39 is 5.82 Å². The summed E-state index contributed by atoms with van der Waals surface area (Å²) in [6.45, 7) is 9.34. The van der Waals surface area contributed by atoms with Gasteiger partial charge in [0, 0.05) is 6.54 Å². The van der Waals surface area contributed by atoms with Gasteiger partial charge in [0.1, 0.15) is 0 Å². The van der Waals surface area contributed by atoms with Crippen LogP contribution in [0, 0.1) is 23.6 Å². The molecule has 0 bridgehead atoms. The van der Waals surface area contributed by atoms with Gasteiger partial charge in [-0.2, -0.15) is 4.98 Å². The molecule has 17 heavy (non-hydrogen) atoms. The standard InChI is InChI=1S/C12H21FN4/c1-7(2)9(8(3)4)5-15-11-10(13)6-16-12(14)17-11/h6-9H,5H2,1-4H3,(H3,14,15,16,17). The molecule has 0 radical (unpaired) electrons. The number of nitrogens with one attached hydrogen (secondary N) is 1. The molecule has 0 aliphatic rings. The van der Waals surface area contributed by atoms with Gasteiger partial charge in [-0.15, -0.1) is 0 Å². The van der Waals surface area contributed by atoms with Crippen molar-refractivity contribution >= 4 is 11.8 Å². The predicted octanol–water partition coefficient (Wildman–Crippen LogP) is 2.54. The third-order valence-corrected chi connectivity index (χ3v) is 2.98. The lowest BCUT2D eigenvalue weighted by molar-refractivity contribution is 0.304. The van der Waals surface area contributed by atoms with Gasteiger partial charge >= 0.3 is 0 Å². The summed E-state index contributed by atoms with van der Waals surface area (Å²) in [5.41, 5.74) is 5.42. The minimum absolute atomic E-state index is 0.0829. The Balaban J connectivity index is 2.68. The zero-order valence-electron chi connectivity index (χ0n) is 10.9. The summed E-state index contributed by atoms with van der Waals surface area (Å²) in [7, 11) is 0. The highest BCUT2D eigenvalue weighted by atomic mass is 19.1. The summed E-state index contributed by atoms with van der Waals surface area (Å²) in [5.74, 6) is 1.33. The summed E-state index contributed by atoms with van der Waals surface area (Å²) in [6.07, 6.45) is 1.09. The molecule has 1 aromatic rings. The van der Waals surface area contributed by atoms with E-state index in [1.54, 1.807) is 0 Å². The summed E-state index contributed by atoms with van der Waals surface area (Å²) in [4.78, 5) is 7.43. The maximum Gasteiger partial charge on any atom is 0.222 e. The quantitative estimate of drug-likeness (QED) is 0.830. The Morgan fingerprint density at radius 2 is 1.88 bits per heavy atom. The topological polar surface area (TPSA) is 63.8 Å². The van der Waals surface area contributed by atoms with E-state index in [0.29, 0.717) is 24.3 Å². The van der Waals surface area contributed by atoms with E-state index in [0.717, 1.165) is 6.20 Å². The molecule has 0 aliphatic carbocycles. The van der Waals surface area contributed by atoms with Gasteiger partial charge in [-0.05, 0) is 17.8 Å². The molecule has 0 atom stereocenters. The lowest BCUT2D eigenvalue weighted by Crippen LogP contribution is -2.25. The maximum atomic E-state index is 13.4. The SMILES string of the molecule is CC(C)C(CNc1nc(N)ncc1F)C(C)C. The first-order valence-corrected chi connectivity index (χ1v) is 5.93. The van der Waals surface area contributed by atoms with Gasteiger partial charge in [-0.25, -0.2) is 9.37 Å². The van der Waals surface area contributed by atoms with Crippen molar-refractivity contribution < 1.29 is 4.39 Å². The number of nitrogen functional groups attached to an aromatic ring is 1. The molecule has 0 spiro atoms. The largest absolute Gasteiger partial charge is 0.368 e. The Hall–Kier alpha value is -1.39. The van der Waals surface area contributed by atoms with Gasteiger partial charge in [0.25, 0.3) is 0 Å². The fourth-order valence-electron chi connectivity index (χ4n) is 1.96. The average Bonchev–Trinajstić information content (AvgIpc) is 2.22. The molecule has 0 aromatic carbocycles. The minimum Gasteiger partial charge on any atom is -0.368 e. The van der Waals surface area contributed by atoms with Gasteiger partial charge in [-0.3, -0.25) is 0 Å². The number of rotatable bonds is 5. The molecule has 1 aromatic heterocycles. The van der Waals surface area contributed by atoms with Gasteiger partial charge in [0.2, 0.25) is 5.95 Å². The Morgan fingerprint density at radius 3 is 2.41 bits per heavy atom. The van der Waals surface area contributed by atoms with Crippen LogP contribution in [0.5, 0.6) is 0 Å². The lowest BCUT2D eigenvalue weighted by atomic mass is 9.85. The van der Waals surface area contributed by atoms with Crippen molar-refractivity contribution in [2.75, 3.05) is 17.6 Å². The molecule has 96 valence electrons. The van der Waals surface area contributed by atoms with Crippen LogP contribution in [0.4, 0.5) is 16.2 Å². The van der Waals surface area contributed by atoms with Crippen molar-refractivity contribution in [3.63, 3.8) is 0 Å².